The van der Waals surface area contributed by atoms with Gasteiger partial charge in [0.05, 0.1) is 6.54 Å². The fourth-order valence-electron chi connectivity index (χ4n) is 1.11. The molecule has 12 heavy (non-hydrogen) atoms. The van der Waals surface area contributed by atoms with Gasteiger partial charge in [0.15, 0.2) is 0 Å². The minimum absolute atomic E-state index is 0.241. The van der Waals surface area contributed by atoms with Crippen LogP contribution in [0.2, 0.25) is 0 Å². The second-order valence-corrected chi connectivity index (χ2v) is 2.64. The quantitative estimate of drug-likeness (QED) is 0.683. The molecule has 0 saturated carbocycles. The summed E-state index contributed by atoms with van der Waals surface area (Å²) < 4.78 is 25.4. The van der Waals surface area contributed by atoms with Crippen molar-refractivity contribution in [2.45, 2.75) is 32.7 Å². The van der Waals surface area contributed by atoms with Crippen LogP contribution in [0.3, 0.4) is 0 Å². The van der Waals surface area contributed by atoms with Crippen molar-refractivity contribution in [3.8, 4) is 0 Å². The minimum Gasteiger partial charge on any atom is -0.329 e. The molecule has 4 heteroatoms. The number of hydrogen-bond acceptors (Lipinski definition) is 1. The standard InChI is InChI=1S/C8H12F2N2/c1-2-3-8-11-4-5-12(8)6-7(9)10/h4-5,7H,2-3,6H2,1H3. The van der Waals surface area contributed by atoms with Gasteiger partial charge in [0.1, 0.15) is 5.82 Å². The molecule has 0 aliphatic carbocycles. The van der Waals surface area contributed by atoms with Gasteiger partial charge >= 0.3 is 0 Å². The van der Waals surface area contributed by atoms with E-state index < -0.39 is 6.43 Å². The van der Waals surface area contributed by atoms with Crippen LogP contribution in [0.5, 0.6) is 0 Å². The lowest BCUT2D eigenvalue weighted by atomic mass is 10.3. The normalized spacial score (nSPS) is 11.0. The molecule has 68 valence electrons. The SMILES string of the molecule is CCCc1nccn1CC(F)F. The lowest BCUT2D eigenvalue weighted by molar-refractivity contribution is 0.125. The topological polar surface area (TPSA) is 17.8 Å². The first kappa shape index (κ1) is 9.16. The Morgan fingerprint density at radius 1 is 1.58 bits per heavy atom. The second kappa shape index (κ2) is 4.18. The number of nitrogens with zero attached hydrogens (tertiary/aromatic N) is 2. The van der Waals surface area contributed by atoms with Gasteiger partial charge in [0, 0.05) is 18.8 Å². The summed E-state index contributed by atoms with van der Waals surface area (Å²) in [6.45, 7) is 1.76. The van der Waals surface area contributed by atoms with Crippen LogP contribution in [-0.4, -0.2) is 16.0 Å². The summed E-state index contributed by atoms with van der Waals surface area (Å²) >= 11 is 0. The maximum Gasteiger partial charge on any atom is 0.256 e. The maximum atomic E-state index is 12.0. The zero-order valence-electron chi connectivity index (χ0n) is 7.00. The van der Waals surface area contributed by atoms with Gasteiger partial charge in [-0.3, -0.25) is 0 Å². The van der Waals surface area contributed by atoms with Gasteiger partial charge in [-0.2, -0.15) is 0 Å². The highest BCUT2D eigenvalue weighted by molar-refractivity contribution is 4.92. The highest BCUT2D eigenvalue weighted by Crippen LogP contribution is 2.04. The average Bonchev–Trinajstić information content (AvgIpc) is 2.37. The molecule has 0 saturated heterocycles. The molecule has 0 atom stereocenters. The molecule has 0 spiro atoms. The van der Waals surface area contributed by atoms with Crippen LogP contribution >= 0.6 is 0 Å². The van der Waals surface area contributed by atoms with Crippen molar-refractivity contribution in [2.24, 2.45) is 0 Å². The minimum atomic E-state index is -2.30. The van der Waals surface area contributed by atoms with Gasteiger partial charge in [-0.05, 0) is 6.42 Å². The van der Waals surface area contributed by atoms with Gasteiger partial charge in [-0.1, -0.05) is 6.92 Å². The highest BCUT2D eigenvalue weighted by atomic mass is 19.3. The summed E-state index contributed by atoms with van der Waals surface area (Å²) in [5.74, 6) is 0.748. The number of halogens is 2. The maximum absolute atomic E-state index is 12.0. The van der Waals surface area contributed by atoms with E-state index in [1.807, 2.05) is 6.92 Å². The summed E-state index contributed by atoms with van der Waals surface area (Å²) in [5, 5.41) is 0. The third-order valence-corrected chi connectivity index (χ3v) is 1.61. The predicted octanol–water partition coefficient (Wildman–Crippen LogP) is 2.10. The van der Waals surface area contributed by atoms with Crippen molar-refractivity contribution in [1.82, 2.24) is 9.55 Å². The van der Waals surface area contributed by atoms with Crippen molar-refractivity contribution in [3.05, 3.63) is 18.2 Å². The van der Waals surface area contributed by atoms with Crippen molar-refractivity contribution < 1.29 is 8.78 Å². The number of imidazole rings is 1. The van der Waals surface area contributed by atoms with E-state index in [1.54, 1.807) is 12.4 Å². The third-order valence-electron chi connectivity index (χ3n) is 1.61. The first-order valence-electron chi connectivity index (χ1n) is 4.02. The molecular weight excluding hydrogens is 162 g/mol. The van der Waals surface area contributed by atoms with Crippen LogP contribution in [0.25, 0.3) is 0 Å². The molecule has 0 bridgehead atoms. The van der Waals surface area contributed by atoms with E-state index in [1.165, 1.54) is 4.57 Å². The summed E-state index contributed by atoms with van der Waals surface area (Å²) in [7, 11) is 0. The van der Waals surface area contributed by atoms with Crippen LogP contribution in [-0.2, 0) is 13.0 Å². The van der Waals surface area contributed by atoms with Gasteiger partial charge in [0.2, 0.25) is 0 Å². The Hall–Kier alpha value is -0.930. The second-order valence-electron chi connectivity index (χ2n) is 2.64. The van der Waals surface area contributed by atoms with Gasteiger partial charge in [-0.15, -0.1) is 0 Å². The molecule has 0 unspecified atom stereocenters. The molecule has 0 aromatic carbocycles. The Labute approximate surface area is 70.2 Å². The smallest absolute Gasteiger partial charge is 0.256 e. The Morgan fingerprint density at radius 3 is 2.92 bits per heavy atom. The summed E-state index contributed by atoms with van der Waals surface area (Å²) in [4.78, 5) is 3.99. The lowest BCUT2D eigenvalue weighted by Crippen LogP contribution is -2.09. The Balaban J connectivity index is 2.63. The molecule has 0 fully saturated rings. The Kier molecular flexibility index (Phi) is 3.19. The van der Waals surface area contributed by atoms with Crippen LogP contribution in [0, 0.1) is 0 Å². The zero-order valence-corrected chi connectivity index (χ0v) is 7.00. The molecule has 1 rings (SSSR count). The molecule has 1 aromatic rings. The molecule has 1 heterocycles. The van der Waals surface area contributed by atoms with Crippen molar-refractivity contribution >= 4 is 0 Å². The number of alkyl halides is 2. The van der Waals surface area contributed by atoms with Crippen molar-refractivity contribution in [3.63, 3.8) is 0 Å². The molecule has 0 aliphatic heterocycles. The molecule has 2 nitrogen and oxygen atoms in total. The predicted molar refractivity (Wildman–Crippen MR) is 42.2 cm³/mol. The van der Waals surface area contributed by atoms with Crippen molar-refractivity contribution in [2.75, 3.05) is 0 Å². The monoisotopic (exact) mass is 174 g/mol. The molecule has 0 radical (unpaired) electrons. The average molecular weight is 174 g/mol. The van der Waals surface area contributed by atoms with E-state index in [4.69, 9.17) is 0 Å². The summed E-state index contributed by atoms with van der Waals surface area (Å²) in [6, 6.07) is 0. The summed E-state index contributed by atoms with van der Waals surface area (Å²) in [5.41, 5.74) is 0. The first-order valence-corrected chi connectivity index (χ1v) is 4.02. The van der Waals surface area contributed by atoms with Crippen LogP contribution in [0.4, 0.5) is 8.78 Å². The van der Waals surface area contributed by atoms with Crippen LogP contribution in [0.1, 0.15) is 19.2 Å². The number of hydrogen-bond donors (Lipinski definition) is 0. The third kappa shape index (κ3) is 2.29. The van der Waals surface area contributed by atoms with Gasteiger partial charge < -0.3 is 4.57 Å². The number of rotatable bonds is 4. The lowest BCUT2D eigenvalue weighted by Gasteiger charge is -2.04. The fraction of sp³-hybridized carbons (Fsp3) is 0.625. The van der Waals surface area contributed by atoms with Gasteiger partial charge in [-0.25, -0.2) is 13.8 Å². The van der Waals surface area contributed by atoms with E-state index in [0.717, 1.165) is 18.7 Å². The van der Waals surface area contributed by atoms with E-state index in [2.05, 4.69) is 4.98 Å². The van der Waals surface area contributed by atoms with E-state index in [0.29, 0.717) is 0 Å². The zero-order chi connectivity index (χ0) is 8.97. The van der Waals surface area contributed by atoms with E-state index in [-0.39, 0.29) is 6.54 Å². The van der Waals surface area contributed by atoms with Crippen LogP contribution in [0.15, 0.2) is 12.4 Å². The Morgan fingerprint density at radius 2 is 2.33 bits per heavy atom. The van der Waals surface area contributed by atoms with E-state index in [9.17, 15) is 8.78 Å². The van der Waals surface area contributed by atoms with E-state index >= 15 is 0 Å². The largest absolute Gasteiger partial charge is 0.329 e. The number of aromatic nitrogens is 2. The first-order chi connectivity index (χ1) is 5.74. The number of aryl methyl sites for hydroxylation is 1. The molecule has 0 aliphatic rings. The van der Waals surface area contributed by atoms with Crippen molar-refractivity contribution in [1.29, 1.82) is 0 Å². The fourth-order valence-corrected chi connectivity index (χ4v) is 1.11. The highest BCUT2D eigenvalue weighted by Gasteiger charge is 2.07. The molecule has 0 amide bonds. The summed E-state index contributed by atoms with van der Waals surface area (Å²) in [6.07, 6.45) is 2.56. The van der Waals surface area contributed by atoms with Gasteiger partial charge in [0.25, 0.3) is 6.43 Å². The molecule has 1 aromatic heterocycles. The molecular formula is C8H12F2N2. The van der Waals surface area contributed by atoms with Crippen LogP contribution < -0.4 is 0 Å². The molecule has 0 N–H and O–H groups in total. The Bertz CT molecular complexity index is 233.